The van der Waals surface area contributed by atoms with Gasteiger partial charge in [-0.1, -0.05) is 12.1 Å². The van der Waals surface area contributed by atoms with Crippen molar-refractivity contribution in [2.24, 2.45) is 11.7 Å². The van der Waals surface area contributed by atoms with Crippen molar-refractivity contribution in [3.63, 3.8) is 0 Å². The number of hydrogen-bond donors (Lipinski definition) is 2. The zero-order valence-corrected chi connectivity index (χ0v) is 15.6. The molecule has 1 heterocycles. The van der Waals surface area contributed by atoms with Gasteiger partial charge in [-0.15, -0.1) is 0 Å². The van der Waals surface area contributed by atoms with Gasteiger partial charge in [-0.25, -0.2) is 4.39 Å². The molecule has 0 aromatic heterocycles. The van der Waals surface area contributed by atoms with Crippen molar-refractivity contribution < 1.29 is 18.8 Å². The Morgan fingerprint density at radius 1 is 1.22 bits per heavy atom. The van der Waals surface area contributed by atoms with Crippen LogP contribution in [0, 0.1) is 11.7 Å². The summed E-state index contributed by atoms with van der Waals surface area (Å²) in [6.45, 7) is 4.04. The Labute approximate surface area is 158 Å². The SMILES string of the molecule is CCN(CC(=O)NCc1ccc(F)cc1)C(=O)CN1CCC(C(N)=O)CC1. The third-order valence-corrected chi connectivity index (χ3v) is 4.82. The highest BCUT2D eigenvalue weighted by atomic mass is 19.1. The number of nitrogens with two attached hydrogens (primary N) is 1. The van der Waals surface area contributed by atoms with E-state index in [9.17, 15) is 18.8 Å². The number of carbonyl (C=O) groups is 3. The quantitative estimate of drug-likeness (QED) is 0.688. The molecule has 0 unspecified atom stereocenters. The summed E-state index contributed by atoms with van der Waals surface area (Å²) in [5.41, 5.74) is 6.11. The third kappa shape index (κ3) is 6.63. The first kappa shape index (κ1) is 20.8. The second kappa shape index (κ2) is 10.0. The van der Waals surface area contributed by atoms with Gasteiger partial charge >= 0.3 is 0 Å². The molecule has 0 bridgehead atoms. The van der Waals surface area contributed by atoms with E-state index in [1.807, 2.05) is 11.8 Å². The second-order valence-corrected chi connectivity index (χ2v) is 6.76. The van der Waals surface area contributed by atoms with Gasteiger partial charge in [0, 0.05) is 19.0 Å². The number of nitrogens with zero attached hydrogens (tertiary/aromatic N) is 2. The summed E-state index contributed by atoms with van der Waals surface area (Å²) in [5.74, 6) is -1.11. The predicted octanol–water partition coefficient (Wildman–Crippen LogP) is 0.488. The zero-order valence-electron chi connectivity index (χ0n) is 15.6. The predicted molar refractivity (Wildman–Crippen MR) is 98.9 cm³/mol. The molecule has 0 atom stereocenters. The van der Waals surface area contributed by atoms with Gasteiger partial charge in [-0.3, -0.25) is 19.3 Å². The van der Waals surface area contributed by atoms with Crippen molar-refractivity contribution >= 4 is 17.7 Å². The molecule has 0 spiro atoms. The number of nitrogens with one attached hydrogen (secondary N) is 1. The number of piperidine rings is 1. The zero-order chi connectivity index (χ0) is 19.8. The molecule has 27 heavy (non-hydrogen) atoms. The van der Waals surface area contributed by atoms with Crippen LogP contribution in [0.2, 0.25) is 0 Å². The number of rotatable bonds is 8. The van der Waals surface area contributed by atoms with E-state index in [-0.39, 0.29) is 49.1 Å². The molecule has 0 radical (unpaired) electrons. The number of amides is 3. The molecular weight excluding hydrogens is 351 g/mol. The highest BCUT2D eigenvalue weighted by Crippen LogP contribution is 2.16. The largest absolute Gasteiger partial charge is 0.369 e. The topological polar surface area (TPSA) is 95.7 Å². The van der Waals surface area contributed by atoms with Crippen molar-refractivity contribution in [1.29, 1.82) is 0 Å². The number of carbonyl (C=O) groups excluding carboxylic acids is 3. The average molecular weight is 378 g/mol. The van der Waals surface area contributed by atoms with E-state index >= 15 is 0 Å². The highest BCUT2D eigenvalue weighted by Gasteiger charge is 2.25. The maximum atomic E-state index is 12.9. The molecule has 3 amide bonds. The van der Waals surface area contributed by atoms with E-state index in [1.165, 1.54) is 17.0 Å². The Morgan fingerprint density at radius 3 is 2.41 bits per heavy atom. The number of likely N-dealkylation sites (N-methyl/N-ethyl adjacent to an activating group) is 1. The molecule has 0 aliphatic carbocycles. The summed E-state index contributed by atoms with van der Waals surface area (Å²) >= 11 is 0. The van der Waals surface area contributed by atoms with Crippen molar-refractivity contribution in [3.05, 3.63) is 35.6 Å². The van der Waals surface area contributed by atoms with Crippen LogP contribution in [0.4, 0.5) is 4.39 Å². The Kier molecular flexibility index (Phi) is 7.72. The normalized spacial score (nSPS) is 15.3. The van der Waals surface area contributed by atoms with Gasteiger partial charge in [0.25, 0.3) is 0 Å². The Hall–Kier alpha value is -2.48. The maximum absolute atomic E-state index is 12.9. The minimum absolute atomic E-state index is 0.0196. The summed E-state index contributed by atoms with van der Waals surface area (Å²) in [4.78, 5) is 39.3. The standard InChI is InChI=1S/C19H27FN4O3/c1-2-24(12-17(25)22-11-14-3-5-16(20)6-4-14)18(26)13-23-9-7-15(8-10-23)19(21)27/h3-6,15H,2,7-13H2,1H3,(H2,21,27)(H,22,25). The lowest BCUT2D eigenvalue weighted by molar-refractivity contribution is -0.137. The van der Waals surface area contributed by atoms with Crippen molar-refractivity contribution in [1.82, 2.24) is 15.1 Å². The van der Waals surface area contributed by atoms with E-state index < -0.39 is 0 Å². The fourth-order valence-electron chi connectivity index (χ4n) is 3.08. The molecule has 3 N–H and O–H groups in total. The second-order valence-electron chi connectivity index (χ2n) is 6.76. The molecule has 1 aromatic carbocycles. The summed E-state index contributed by atoms with van der Waals surface area (Å²) in [6.07, 6.45) is 1.32. The first-order valence-corrected chi connectivity index (χ1v) is 9.19. The maximum Gasteiger partial charge on any atom is 0.239 e. The van der Waals surface area contributed by atoms with E-state index in [0.29, 0.717) is 32.5 Å². The van der Waals surface area contributed by atoms with Crippen LogP contribution in [0.25, 0.3) is 0 Å². The van der Waals surface area contributed by atoms with Crippen molar-refractivity contribution in [2.75, 3.05) is 32.7 Å². The van der Waals surface area contributed by atoms with Crippen LogP contribution in [0.3, 0.4) is 0 Å². The van der Waals surface area contributed by atoms with Crippen LogP contribution in [-0.4, -0.2) is 60.2 Å². The lowest BCUT2D eigenvalue weighted by Gasteiger charge is -2.31. The van der Waals surface area contributed by atoms with Gasteiger partial charge in [0.2, 0.25) is 17.7 Å². The first-order valence-electron chi connectivity index (χ1n) is 9.19. The molecule has 1 saturated heterocycles. The molecule has 7 nitrogen and oxygen atoms in total. The number of hydrogen-bond acceptors (Lipinski definition) is 4. The summed E-state index contributed by atoms with van der Waals surface area (Å²) in [7, 11) is 0. The lowest BCUT2D eigenvalue weighted by Crippen LogP contribution is -2.47. The van der Waals surface area contributed by atoms with E-state index in [4.69, 9.17) is 5.73 Å². The van der Waals surface area contributed by atoms with Crippen LogP contribution in [0.5, 0.6) is 0 Å². The molecule has 0 saturated carbocycles. The molecule has 148 valence electrons. The van der Waals surface area contributed by atoms with Crippen LogP contribution < -0.4 is 11.1 Å². The monoisotopic (exact) mass is 378 g/mol. The Balaban J connectivity index is 1.76. The number of halogens is 1. The van der Waals surface area contributed by atoms with E-state index in [0.717, 1.165) is 5.56 Å². The van der Waals surface area contributed by atoms with E-state index in [1.54, 1.807) is 12.1 Å². The Morgan fingerprint density at radius 2 is 1.85 bits per heavy atom. The number of likely N-dealkylation sites (tertiary alicyclic amines) is 1. The highest BCUT2D eigenvalue weighted by molar-refractivity contribution is 5.85. The smallest absolute Gasteiger partial charge is 0.239 e. The molecular formula is C19H27FN4O3. The van der Waals surface area contributed by atoms with Gasteiger partial charge < -0.3 is 16.0 Å². The van der Waals surface area contributed by atoms with Crippen LogP contribution >= 0.6 is 0 Å². The Bertz CT molecular complexity index is 657. The minimum Gasteiger partial charge on any atom is -0.369 e. The van der Waals surface area contributed by atoms with Gasteiger partial charge in [-0.2, -0.15) is 0 Å². The lowest BCUT2D eigenvalue weighted by atomic mass is 9.96. The molecule has 1 fully saturated rings. The molecule has 1 aromatic rings. The summed E-state index contributed by atoms with van der Waals surface area (Å²) < 4.78 is 12.9. The molecule has 8 heteroatoms. The van der Waals surface area contributed by atoms with Crippen LogP contribution in [0.1, 0.15) is 25.3 Å². The fraction of sp³-hybridized carbons (Fsp3) is 0.526. The van der Waals surface area contributed by atoms with Crippen LogP contribution in [0.15, 0.2) is 24.3 Å². The summed E-state index contributed by atoms with van der Waals surface area (Å²) in [5, 5.41) is 2.74. The fourth-order valence-corrected chi connectivity index (χ4v) is 3.08. The third-order valence-electron chi connectivity index (χ3n) is 4.82. The summed E-state index contributed by atoms with van der Waals surface area (Å²) in [6, 6.07) is 5.89. The van der Waals surface area contributed by atoms with Gasteiger partial charge in [0.05, 0.1) is 13.1 Å². The average Bonchev–Trinajstić information content (AvgIpc) is 2.66. The molecule has 1 aliphatic rings. The first-order chi connectivity index (χ1) is 12.9. The van der Waals surface area contributed by atoms with Crippen molar-refractivity contribution in [3.8, 4) is 0 Å². The van der Waals surface area contributed by atoms with Crippen LogP contribution in [-0.2, 0) is 20.9 Å². The van der Waals surface area contributed by atoms with Gasteiger partial charge in [0.15, 0.2) is 0 Å². The molecule has 2 rings (SSSR count). The van der Waals surface area contributed by atoms with Gasteiger partial charge in [0.1, 0.15) is 5.82 Å². The number of primary amides is 1. The van der Waals surface area contributed by atoms with Gasteiger partial charge in [-0.05, 0) is 50.6 Å². The van der Waals surface area contributed by atoms with E-state index in [2.05, 4.69) is 5.32 Å². The molecule has 1 aliphatic heterocycles. The minimum atomic E-state index is -0.326. The number of benzene rings is 1. The van der Waals surface area contributed by atoms with Crippen molar-refractivity contribution in [2.45, 2.75) is 26.3 Å².